The first kappa shape index (κ1) is 17.0. The fourth-order valence-corrected chi connectivity index (χ4v) is 2.94. The van der Waals surface area contributed by atoms with Crippen LogP contribution >= 0.6 is 0 Å². The van der Waals surface area contributed by atoms with E-state index in [1.165, 1.54) is 15.5 Å². The molecule has 0 aliphatic rings. The van der Waals surface area contributed by atoms with Gasteiger partial charge in [0.1, 0.15) is 5.82 Å². The molecule has 2 N–H and O–H groups in total. The number of aromatic amines is 1. The molecule has 0 aliphatic heterocycles. The molecule has 3 aromatic rings. The largest absolute Gasteiger partial charge is 0.361 e. The number of aryl methyl sites for hydroxylation is 1. The van der Waals surface area contributed by atoms with E-state index in [-0.39, 0.29) is 17.9 Å². The number of H-pyrrole nitrogens is 1. The second kappa shape index (κ2) is 6.93. The molecule has 2 heterocycles. The zero-order chi connectivity index (χ0) is 18.0. The van der Waals surface area contributed by atoms with Crippen LogP contribution in [-0.4, -0.2) is 27.0 Å². The van der Waals surface area contributed by atoms with E-state index >= 15 is 0 Å². The van der Waals surface area contributed by atoms with Crippen LogP contribution in [0.5, 0.6) is 0 Å². The Morgan fingerprint density at radius 1 is 1.28 bits per heavy atom. The second-order valence-electron chi connectivity index (χ2n) is 6.23. The first-order valence-corrected chi connectivity index (χ1v) is 8.32. The summed E-state index contributed by atoms with van der Waals surface area (Å²) in [6.45, 7) is 4.02. The van der Waals surface area contributed by atoms with Crippen LogP contribution in [0.25, 0.3) is 10.9 Å². The molecule has 25 heavy (non-hydrogen) atoms. The number of hydrogen-bond acceptors (Lipinski definition) is 3. The lowest BCUT2D eigenvalue weighted by molar-refractivity contribution is -0.120. The van der Waals surface area contributed by atoms with Crippen molar-refractivity contribution in [1.82, 2.24) is 19.9 Å². The van der Waals surface area contributed by atoms with Crippen molar-refractivity contribution >= 4 is 16.8 Å². The molecular weight excluding hydrogens is 316 g/mol. The molecule has 0 aliphatic carbocycles. The van der Waals surface area contributed by atoms with Gasteiger partial charge in [-0.05, 0) is 31.9 Å². The number of nitrogens with zero attached hydrogens (tertiary/aromatic N) is 2. The Morgan fingerprint density at radius 3 is 2.84 bits per heavy atom. The summed E-state index contributed by atoms with van der Waals surface area (Å²) < 4.78 is 1.49. The van der Waals surface area contributed by atoms with Gasteiger partial charge in [-0.25, -0.2) is 4.98 Å². The molecule has 2 aromatic heterocycles. The van der Waals surface area contributed by atoms with Crippen molar-refractivity contribution in [3.05, 3.63) is 63.5 Å². The van der Waals surface area contributed by atoms with Gasteiger partial charge < -0.3 is 10.3 Å². The third-order valence-electron chi connectivity index (χ3n) is 4.56. The summed E-state index contributed by atoms with van der Waals surface area (Å²) in [4.78, 5) is 31.9. The smallest absolute Gasteiger partial charge is 0.256 e. The van der Waals surface area contributed by atoms with Crippen LogP contribution in [0.1, 0.15) is 22.6 Å². The van der Waals surface area contributed by atoms with Crippen molar-refractivity contribution in [2.45, 2.75) is 26.7 Å². The van der Waals surface area contributed by atoms with Gasteiger partial charge >= 0.3 is 0 Å². The summed E-state index contributed by atoms with van der Waals surface area (Å²) in [5.41, 5.74) is 3.24. The molecule has 0 saturated carbocycles. The monoisotopic (exact) mass is 338 g/mol. The van der Waals surface area contributed by atoms with Gasteiger partial charge in [0.05, 0.1) is 12.1 Å². The van der Waals surface area contributed by atoms with Crippen molar-refractivity contribution in [3.63, 3.8) is 0 Å². The summed E-state index contributed by atoms with van der Waals surface area (Å²) in [6.07, 6.45) is 2.85. The third-order valence-corrected chi connectivity index (χ3v) is 4.56. The van der Waals surface area contributed by atoms with Gasteiger partial charge in [0, 0.05) is 36.3 Å². The van der Waals surface area contributed by atoms with Crippen molar-refractivity contribution in [1.29, 1.82) is 0 Å². The number of benzene rings is 1. The molecule has 0 saturated heterocycles. The van der Waals surface area contributed by atoms with Gasteiger partial charge in [-0.3, -0.25) is 14.2 Å². The van der Waals surface area contributed by atoms with Gasteiger partial charge in [-0.1, -0.05) is 18.2 Å². The predicted octanol–water partition coefficient (Wildman–Crippen LogP) is 1.78. The average molecular weight is 338 g/mol. The Morgan fingerprint density at radius 2 is 2.04 bits per heavy atom. The van der Waals surface area contributed by atoms with E-state index in [0.29, 0.717) is 23.6 Å². The number of amides is 1. The van der Waals surface area contributed by atoms with Gasteiger partial charge in [0.15, 0.2) is 0 Å². The highest BCUT2D eigenvalue weighted by atomic mass is 16.1. The second-order valence-corrected chi connectivity index (χ2v) is 6.23. The molecule has 0 fully saturated rings. The molecule has 1 aromatic carbocycles. The lowest BCUT2D eigenvalue weighted by atomic mass is 10.1. The Bertz CT molecular complexity index is 985. The van der Waals surface area contributed by atoms with E-state index in [1.54, 1.807) is 20.9 Å². The number of rotatable bonds is 5. The van der Waals surface area contributed by atoms with Crippen molar-refractivity contribution in [2.75, 3.05) is 6.54 Å². The van der Waals surface area contributed by atoms with E-state index < -0.39 is 0 Å². The number of fused-ring (bicyclic) bond motifs is 1. The maximum Gasteiger partial charge on any atom is 0.256 e. The van der Waals surface area contributed by atoms with Crippen molar-refractivity contribution < 1.29 is 4.79 Å². The van der Waals surface area contributed by atoms with E-state index in [1.807, 2.05) is 24.4 Å². The van der Waals surface area contributed by atoms with E-state index in [4.69, 9.17) is 0 Å². The zero-order valence-corrected chi connectivity index (χ0v) is 14.7. The third kappa shape index (κ3) is 3.47. The number of nitrogens with one attached hydrogen (secondary N) is 2. The molecule has 1 amide bonds. The van der Waals surface area contributed by atoms with Gasteiger partial charge in [-0.15, -0.1) is 0 Å². The summed E-state index contributed by atoms with van der Waals surface area (Å²) in [7, 11) is 1.68. The predicted molar refractivity (Wildman–Crippen MR) is 97.7 cm³/mol. The normalized spacial score (nSPS) is 11.0. The highest BCUT2D eigenvalue weighted by Crippen LogP contribution is 2.17. The van der Waals surface area contributed by atoms with E-state index in [0.717, 1.165) is 11.9 Å². The fraction of sp³-hybridized carbons (Fsp3) is 0.316. The lowest BCUT2D eigenvalue weighted by Crippen LogP contribution is -2.30. The Hall–Kier alpha value is -2.89. The maximum atomic E-state index is 12.2. The molecule has 130 valence electrons. The molecule has 0 spiro atoms. The molecule has 0 unspecified atom stereocenters. The number of hydrogen-bond donors (Lipinski definition) is 2. The van der Waals surface area contributed by atoms with Crippen LogP contribution in [0, 0.1) is 13.8 Å². The Balaban J connectivity index is 1.61. The first-order valence-electron chi connectivity index (χ1n) is 8.32. The van der Waals surface area contributed by atoms with Crippen LogP contribution in [0.3, 0.4) is 0 Å². The van der Waals surface area contributed by atoms with Crippen LogP contribution in [-0.2, 0) is 24.7 Å². The maximum absolute atomic E-state index is 12.2. The van der Waals surface area contributed by atoms with Gasteiger partial charge in [-0.2, -0.15) is 0 Å². The van der Waals surface area contributed by atoms with E-state index in [9.17, 15) is 9.59 Å². The lowest BCUT2D eigenvalue weighted by Gasteiger charge is -2.10. The minimum Gasteiger partial charge on any atom is -0.361 e. The molecule has 0 radical (unpaired) electrons. The average Bonchev–Trinajstić information content (AvgIpc) is 3.01. The molecule has 0 atom stereocenters. The van der Waals surface area contributed by atoms with Crippen molar-refractivity contribution in [2.24, 2.45) is 7.05 Å². The minimum atomic E-state index is -0.122. The zero-order valence-electron chi connectivity index (χ0n) is 14.7. The Labute approximate surface area is 145 Å². The van der Waals surface area contributed by atoms with Crippen LogP contribution < -0.4 is 10.9 Å². The van der Waals surface area contributed by atoms with Crippen LogP contribution in [0.2, 0.25) is 0 Å². The number of carbonyl (C=O) groups is 1. The van der Waals surface area contributed by atoms with Crippen LogP contribution in [0.15, 0.2) is 35.3 Å². The summed E-state index contributed by atoms with van der Waals surface area (Å²) in [5, 5.41) is 4.09. The summed E-state index contributed by atoms with van der Waals surface area (Å²) in [5.74, 6) is 0.486. The molecule has 3 rings (SSSR count). The standard InChI is InChI=1S/C19H22N4O2/c1-12-17(22-13(2)23(3)19(12)25)10-18(24)20-9-8-14-11-21-16-7-5-4-6-15(14)16/h4-7,11,21H,8-10H2,1-3H3,(H,20,24). The quantitative estimate of drug-likeness (QED) is 0.744. The molecular formula is C19H22N4O2. The van der Waals surface area contributed by atoms with Crippen LogP contribution in [0.4, 0.5) is 0 Å². The van der Waals surface area contributed by atoms with E-state index in [2.05, 4.69) is 21.4 Å². The SMILES string of the molecule is Cc1c(CC(=O)NCCc2c[nH]c3ccccc23)nc(C)n(C)c1=O. The van der Waals surface area contributed by atoms with Gasteiger partial charge in [0.2, 0.25) is 5.91 Å². The highest BCUT2D eigenvalue weighted by molar-refractivity contribution is 5.83. The fourth-order valence-electron chi connectivity index (χ4n) is 2.94. The minimum absolute atomic E-state index is 0.103. The summed E-state index contributed by atoms with van der Waals surface area (Å²) >= 11 is 0. The van der Waals surface area contributed by atoms with Gasteiger partial charge in [0.25, 0.3) is 5.56 Å². The first-order chi connectivity index (χ1) is 12.0. The summed E-state index contributed by atoms with van der Waals surface area (Å²) in [6, 6.07) is 8.10. The Kier molecular flexibility index (Phi) is 4.70. The molecule has 6 heteroatoms. The molecule has 6 nitrogen and oxygen atoms in total. The van der Waals surface area contributed by atoms with Crippen molar-refractivity contribution in [3.8, 4) is 0 Å². The molecule has 0 bridgehead atoms. The number of carbonyl (C=O) groups excluding carboxylic acids is 1. The highest BCUT2D eigenvalue weighted by Gasteiger charge is 2.12. The topological polar surface area (TPSA) is 79.8 Å². The number of para-hydroxylation sites is 1. The number of aromatic nitrogens is 3.